The van der Waals surface area contributed by atoms with Gasteiger partial charge < -0.3 is 19.5 Å². The molecule has 1 atom stereocenters. The maximum atomic E-state index is 12.3. The Bertz CT molecular complexity index is 1100. The van der Waals surface area contributed by atoms with Gasteiger partial charge in [0.15, 0.2) is 11.8 Å². The molecule has 1 amide bonds. The number of carbonyl (C=O) groups is 2. The summed E-state index contributed by atoms with van der Waals surface area (Å²) in [6.45, 7) is 3.50. The summed E-state index contributed by atoms with van der Waals surface area (Å²) in [5, 5.41) is 4.50. The van der Waals surface area contributed by atoms with Gasteiger partial charge in [-0.1, -0.05) is 17.7 Å². The van der Waals surface area contributed by atoms with E-state index in [2.05, 4.69) is 15.0 Å². The summed E-state index contributed by atoms with van der Waals surface area (Å²) in [6, 6.07) is 12.0. The van der Waals surface area contributed by atoms with E-state index in [1.165, 1.54) is 35.8 Å². The van der Waals surface area contributed by atoms with Crippen LogP contribution in [0.3, 0.4) is 0 Å². The van der Waals surface area contributed by atoms with Crippen LogP contribution in [-0.2, 0) is 16.1 Å². The molecule has 1 unspecified atom stereocenters. The lowest BCUT2D eigenvalue weighted by Gasteiger charge is -2.13. The molecule has 0 bridgehead atoms. The van der Waals surface area contributed by atoms with Gasteiger partial charge >= 0.3 is 12.3 Å². The highest BCUT2D eigenvalue weighted by atomic mass is 32.1. The minimum absolute atomic E-state index is 0.0378. The summed E-state index contributed by atoms with van der Waals surface area (Å²) in [5.41, 5.74) is 1.35. The Labute approximate surface area is 191 Å². The molecule has 1 aromatic heterocycles. The van der Waals surface area contributed by atoms with Gasteiger partial charge in [0, 0.05) is 11.1 Å². The van der Waals surface area contributed by atoms with Crippen LogP contribution in [-0.4, -0.2) is 29.3 Å². The van der Waals surface area contributed by atoms with Crippen LogP contribution in [0.25, 0.3) is 0 Å². The van der Waals surface area contributed by atoms with Gasteiger partial charge in [0.1, 0.15) is 23.1 Å². The summed E-state index contributed by atoms with van der Waals surface area (Å²) >= 11 is 1.21. The van der Waals surface area contributed by atoms with Gasteiger partial charge in [-0.25, -0.2) is 9.78 Å². The first-order valence-electron chi connectivity index (χ1n) is 9.60. The summed E-state index contributed by atoms with van der Waals surface area (Å²) in [4.78, 5) is 28.7. The fraction of sp³-hybridized carbons (Fsp3) is 0.227. The number of anilines is 1. The predicted molar refractivity (Wildman–Crippen MR) is 114 cm³/mol. The number of hydrogen-bond donors (Lipinski definition) is 1. The van der Waals surface area contributed by atoms with Gasteiger partial charge in [0.05, 0.1) is 0 Å². The van der Waals surface area contributed by atoms with Crippen LogP contribution >= 0.6 is 11.3 Å². The van der Waals surface area contributed by atoms with E-state index in [0.29, 0.717) is 10.8 Å². The van der Waals surface area contributed by atoms with Crippen LogP contribution in [0.1, 0.15) is 28.0 Å². The molecule has 0 saturated carbocycles. The number of thiazole rings is 1. The van der Waals surface area contributed by atoms with Crippen molar-refractivity contribution >= 4 is 28.9 Å². The summed E-state index contributed by atoms with van der Waals surface area (Å²) in [7, 11) is 0. The average Bonchev–Trinajstić information content (AvgIpc) is 3.23. The molecule has 0 spiro atoms. The zero-order valence-electron chi connectivity index (χ0n) is 17.5. The first-order chi connectivity index (χ1) is 15.6. The first-order valence-corrected chi connectivity index (χ1v) is 10.5. The Balaban J connectivity index is 1.49. The van der Waals surface area contributed by atoms with Crippen LogP contribution in [0.5, 0.6) is 11.5 Å². The lowest BCUT2D eigenvalue weighted by molar-refractivity contribution is -0.274. The summed E-state index contributed by atoms with van der Waals surface area (Å²) in [6.07, 6.45) is -5.98. The predicted octanol–water partition coefficient (Wildman–Crippen LogP) is 5.11. The molecular weight excluding hydrogens is 461 g/mol. The Morgan fingerprint density at radius 1 is 1.06 bits per heavy atom. The zero-order chi connectivity index (χ0) is 24.0. The summed E-state index contributed by atoms with van der Waals surface area (Å²) in [5.74, 6) is -1.20. The van der Waals surface area contributed by atoms with Crippen molar-refractivity contribution in [1.82, 2.24) is 4.98 Å². The molecule has 11 heteroatoms. The van der Waals surface area contributed by atoms with E-state index >= 15 is 0 Å². The molecule has 0 aliphatic carbocycles. The van der Waals surface area contributed by atoms with Crippen molar-refractivity contribution in [3.63, 3.8) is 0 Å². The normalized spacial score (nSPS) is 12.0. The van der Waals surface area contributed by atoms with E-state index in [-0.39, 0.29) is 18.0 Å². The largest absolute Gasteiger partial charge is 0.573 e. The number of nitrogens with one attached hydrogen (secondary N) is 1. The minimum Gasteiger partial charge on any atom is -0.486 e. The fourth-order valence-corrected chi connectivity index (χ4v) is 3.18. The second-order valence-corrected chi connectivity index (χ2v) is 7.78. The SMILES string of the molecule is Cc1ccc(OCc2nc(C(=O)OC(C)C(=O)Nc3ccc(OC(F)(F)F)cc3)cs2)cc1. The average molecular weight is 480 g/mol. The quantitative estimate of drug-likeness (QED) is 0.451. The van der Waals surface area contributed by atoms with Crippen molar-refractivity contribution in [1.29, 1.82) is 0 Å². The molecular formula is C22H19F3N2O5S. The first kappa shape index (κ1) is 24.1. The number of alkyl halides is 3. The molecule has 1 heterocycles. The monoisotopic (exact) mass is 480 g/mol. The zero-order valence-corrected chi connectivity index (χ0v) is 18.3. The number of amides is 1. The van der Waals surface area contributed by atoms with E-state index in [1.807, 2.05) is 31.2 Å². The van der Waals surface area contributed by atoms with Gasteiger partial charge in [-0.2, -0.15) is 0 Å². The number of nitrogens with zero attached hydrogens (tertiary/aromatic N) is 1. The standard InChI is InChI=1S/C22H19F3N2O5S/c1-13-3-7-16(8-4-13)30-11-19-27-18(12-33-19)21(29)31-14(2)20(28)26-15-5-9-17(10-6-15)32-22(23,24)25/h3-10,12,14H,11H2,1-2H3,(H,26,28). The number of rotatable bonds is 8. The van der Waals surface area contributed by atoms with Crippen LogP contribution in [0, 0.1) is 6.92 Å². The lowest BCUT2D eigenvalue weighted by Crippen LogP contribution is -2.30. The number of aromatic nitrogens is 1. The van der Waals surface area contributed by atoms with Gasteiger partial charge in [0.25, 0.3) is 5.91 Å². The molecule has 174 valence electrons. The van der Waals surface area contributed by atoms with E-state index in [4.69, 9.17) is 9.47 Å². The Kier molecular flexibility index (Phi) is 7.54. The van der Waals surface area contributed by atoms with Crippen molar-refractivity contribution in [2.75, 3.05) is 5.32 Å². The molecule has 0 radical (unpaired) electrons. The number of hydrogen-bond acceptors (Lipinski definition) is 7. The van der Waals surface area contributed by atoms with E-state index in [9.17, 15) is 22.8 Å². The molecule has 7 nitrogen and oxygen atoms in total. The Morgan fingerprint density at radius 3 is 2.33 bits per heavy atom. The number of halogens is 3. The number of aryl methyl sites for hydroxylation is 1. The second-order valence-electron chi connectivity index (χ2n) is 6.84. The number of benzene rings is 2. The molecule has 33 heavy (non-hydrogen) atoms. The van der Waals surface area contributed by atoms with Crippen molar-refractivity contribution in [3.05, 3.63) is 70.2 Å². The molecule has 3 aromatic rings. The highest BCUT2D eigenvalue weighted by Gasteiger charge is 2.31. The third-order valence-corrected chi connectivity index (χ3v) is 4.97. The smallest absolute Gasteiger partial charge is 0.486 e. The highest BCUT2D eigenvalue weighted by molar-refractivity contribution is 7.09. The Morgan fingerprint density at radius 2 is 1.70 bits per heavy atom. The van der Waals surface area contributed by atoms with Crippen molar-refractivity contribution < 1.29 is 37.0 Å². The van der Waals surface area contributed by atoms with Crippen LogP contribution in [0.15, 0.2) is 53.9 Å². The van der Waals surface area contributed by atoms with Crippen molar-refractivity contribution in [2.24, 2.45) is 0 Å². The maximum Gasteiger partial charge on any atom is 0.573 e. The van der Waals surface area contributed by atoms with Crippen LogP contribution in [0.4, 0.5) is 18.9 Å². The fourth-order valence-electron chi connectivity index (χ4n) is 2.51. The van der Waals surface area contributed by atoms with Crippen molar-refractivity contribution in [3.8, 4) is 11.5 Å². The number of esters is 1. The third-order valence-electron chi connectivity index (χ3n) is 4.15. The lowest BCUT2D eigenvalue weighted by atomic mass is 10.2. The molecule has 0 saturated heterocycles. The molecule has 0 fully saturated rings. The second kappa shape index (κ2) is 10.3. The number of ether oxygens (including phenoxy) is 3. The minimum atomic E-state index is -4.81. The van der Waals surface area contributed by atoms with Crippen LogP contribution < -0.4 is 14.8 Å². The van der Waals surface area contributed by atoms with E-state index in [1.54, 1.807) is 0 Å². The molecule has 0 aliphatic rings. The van der Waals surface area contributed by atoms with Crippen molar-refractivity contribution in [2.45, 2.75) is 32.9 Å². The summed E-state index contributed by atoms with van der Waals surface area (Å²) < 4.78 is 51.1. The molecule has 0 aliphatic heterocycles. The molecule has 2 aromatic carbocycles. The third kappa shape index (κ3) is 7.49. The topological polar surface area (TPSA) is 86.8 Å². The Hall–Kier alpha value is -3.60. The maximum absolute atomic E-state index is 12.3. The van der Waals surface area contributed by atoms with Gasteiger partial charge in [-0.05, 0) is 50.2 Å². The van der Waals surface area contributed by atoms with Crippen LogP contribution in [0.2, 0.25) is 0 Å². The highest BCUT2D eigenvalue weighted by Crippen LogP contribution is 2.24. The van der Waals surface area contributed by atoms with Gasteiger partial charge in [-0.15, -0.1) is 24.5 Å². The van der Waals surface area contributed by atoms with E-state index in [0.717, 1.165) is 17.7 Å². The molecule has 3 rings (SSSR count). The molecule has 1 N–H and O–H groups in total. The van der Waals surface area contributed by atoms with Gasteiger partial charge in [-0.3, -0.25) is 4.79 Å². The van der Waals surface area contributed by atoms with Gasteiger partial charge in [0.2, 0.25) is 0 Å². The number of carbonyl (C=O) groups excluding carboxylic acids is 2. The van der Waals surface area contributed by atoms with E-state index < -0.39 is 30.1 Å².